The molecule has 1 fully saturated rings. The number of rotatable bonds is 2. The van der Waals surface area contributed by atoms with Crippen molar-refractivity contribution in [3.63, 3.8) is 0 Å². The van der Waals surface area contributed by atoms with E-state index in [-0.39, 0.29) is 5.82 Å². The molecule has 0 aliphatic carbocycles. The number of benzene rings is 1. The van der Waals surface area contributed by atoms with Gasteiger partial charge >= 0.3 is 0 Å². The Bertz CT molecular complexity index is 315. The SMILES string of the molecule is OC1CNCCN1Cc1ccc(F)cc1. The molecule has 1 aromatic carbocycles. The topological polar surface area (TPSA) is 35.5 Å². The molecule has 1 aromatic rings. The predicted molar refractivity (Wildman–Crippen MR) is 55.7 cm³/mol. The molecule has 1 saturated heterocycles. The number of aliphatic hydroxyl groups excluding tert-OH is 1. The second-order valence-electron chi connectivity index (χ2n) is 3.78. The van der Waals surface area contributed by atoms with E-state index in [2.05, 4.69) is 5.32 Å². The average Bonchev–Trinajstić information content (AvgIpc) is 2.25. The molecule has 1 atom stereocenters. The van der Waals surface area contributed by atoms with Gasteiger partial charge in [-0.1, -0.05) is 12.1 Å². The number of halogens is 1. The van der Waals surface area contributed by atoms with Gasteiger partial charge in [-0.25, -0.2) is 4.39 Å². The van der Waals surface area contributed by atoms with Crippen molar-refractivity contribution < 1.29 is 9.50 Å². The Labute approximate surface area is 88.5 Å². The summed E-state index contributed by atoms with van der Waals surface area (Å²) in [5, 5.41) is 12.8. The van der Waals surface area contributed by atoms with Crippen molar-refractivity contribution in [1.82, 2.24) is 10.2 Å². The zero-order valence-corrected chi connectivity index (χ0v) is 8.49. The molecule has 15 heavy (non-hydrogen) atoms. The number of hydrogen-bond donors (Lipinski definition) is 2. The first-order valence-corrected chi connectivity index (χ1v) is 5.13. The van der Waals surface area contributed by atoms with Gasteiger partial charge in [0.25, 0.3) is 0 Å². The summed E-state index contributed by atoms with van der Waals surface area (Å²) in [6, 6.07) is 6.40. The molecule has 1 unspecified atom stereocenters. The molecule has 0 bridgehead atoms. The minimum absolute atomic E-state index is 0.223. The Balaban J connectivity index is 1.98. The maximum absolute atomic E-state index is 12.7. The van der Waals surface area contributed by atoms with E-state index >= 15 is 0 Å². The number of nitrogens with one attached hydrogen (secondary N) is 1. The Kier molecular flexibility index (Phi) is 3.30. The van der Waals surface area contributed by atoms with E-state index in [1.54, 1.807) is 12.1 Å². The van der Waals surface area contributed by atoms with Crippen LogP contribution in [-0.2, 0) is 6.54 Å². The summed E-state index contributed by atoms with van der Waals surface area (Å²) < 4.78 is 12.7. The van der Waals surface area contributed by atoms with Crippen molar-refractivity contribution in [2.45, 2.75) is 12.8 Å². The van der Waals surface area contributed by atoms with Gasteiger partial charge in [0, 0.05) is 26.2 Å². The zero-order chi connectivity index (χ0) is 10.7. The number of hydrogen-bond acceptors (Lipinski definition) is 3. The summed E-state index contributed by atoms with van der Waals surface area (Å²) in [5.41, 5.74) is 1.03. The number of aliphatic hydroxyl groups is 1. The third-order valence-electron chi connectivity index (χ3n) is 2.62. The van der Waals surface area contributed by atoms with Crippen LogP contribution in [0.4, 0.5) is 4.39 Å². The van der Waals surface area contributed by atoms with Crippen LogP contribution in [0.5, 0.6) is 0 Å². The molecule has 1 heterocycles. The second-order valence-corrected chi connectivity index (χ2v) is 3.78. The van der Waals surface area contributed by atoms with Crippen LogP contribution >= 0.6 is 0 Å². The van der Waals surface area contributed by atoms with E-state index in [0.29, 0.717) is 13.1 Å². The standard InChI is InChI=1S/C11H15FN2O/c12-10-3-1-9(2-4-10)8-14-6-5-13-7-11(14)15/h1-4,11,13,15H,5-8H2. The van der Waals surface area contributed by atoms with Crippen LogP contribution in [0.2, 0.25) is 0 Å². The maximum Gasteiger partial charge on any atom is 0.123 e. The monoisotopic (exact) mass is 210 g/mol. The van der Waals surface area contributed by atoms with E-state index in [1.165, 1.54) is 12.1 Å². The molecule has 1 aliphatic rings. The number of piperazine rings is 1. The van der Waals surface area contributed by atoms with Crippen molar-refractivity contribution in [2.24, 2.45) is 0 Å². The van der Waals surface area contributed by atoms with Gasteiger partial charge in [-0.15, -0.1) is 0 Å². The molecular weight excluding hydrogens is 195 g/mol. The van der Waals surface area contributed by atoms with Gasteiger partial charge < -0.3 is 10.4 Å². The van der Waals surface area contributed by atoms with Crippen molar-refractivity contribution in [1.29, 1.82) is 0 Å². The van der Waals surface area contributed by atoms with Crippen LogP contribution in [0.25, 0.3) is 0 Å². The highest BCUT2D eigenvalue weighted by Gasteiger charge is 2.19. The molecule has 2 N–H and O–H groups in total. The van der Waals surface area contributed by atoms with Crippen LogP contribution in [0.1, 0.15) is 5.56 Å². The molecule has 4 heteroatoms. The summed E-state index contributed by atoms with van der Waals surface area (Å²) in [4.78, 5) is 1.98. The minimum Gasteiger partial charge on any atom is -0.377 e. The van der Waals surface area contributed by atoms with Crippen LogP contribution < -0.4 is 5.32 Å². The zero-order valence-electron chi connectivity index (χ0n) is 8.49. The molecule has 1 aliphatic heterocycles. The smallest absolute Gasteiger partial charge is 0.123 e. The fourth-order valence-corrected chi connectivity index (χ4v) is 1.74. The van der Waals surface area contributed by atoms with Crippen molar-refractivity contribution in [2.75, 3.05) is 19.6 Å². The highest BCUT2D eigenvalue weighted by atomic mass is 19.1. The summed E-state index contributed by atoms with van der Waals surface area (Å²) in [6.07, 6.45) is -0.441. The van der Waals surface area contributed by atoms with Gasteiger partial charge in [-0.3, -0.25) is 4.90 Å². The van der Waals surface area contributed by atoms with Crippen LogP contribution in [0.3, 0.4) is 0 Å². The average molecular weight is 210 g/mol. The summed E-state index contributed by atoms with van der Waals surface area (Å²) in [6.45, 7) is 2.97. The highest BCUT2D eigenvalue weighted by molar-refractivity contribution is 5.16. The Morgan fingerprint density at radius 2 is 2.13 bits per heavy atom. The van der Waals surface area contributed by atoms with Crippen LogP contribution in [0, 0.1) is 5.82 Å². The Morgan fingerprint density at radius 3 is 2.80 bits per heavy atom. The molecule has 0 amide bonds. The molecule has 0 saturated carbocycles. The van der Waals surface area contributed by atoms with Crippen LogP contribution in [0.15, 0.2) is 24.3 Å². The van der Waals surface area contributed by atoms with E-state index in [9.17, 15) is 9.50 Å². The minimum atomic E-state index is -0.441. The fourth-order valence-electron chi connectivity index (χ4n) is 1.74. The van der Waals surface area contributed by atoms with E-state index in [0.717, 1.165) is 18.7 Å². The van der Waals surface area contributed by atoms with Gasteiger partial charge in [0.1, 0.15) is 12.0 Å². The van der Waals surface area contributed by atoms with Gasteiger partial charge in [0.05, 0.1) is 0 Å². The summed E-state index contributed by atoms with van der Waals surface area (Å²) in [5.74, 6) is -0.223. The molecule has 3 nitrogen and oxygen atoms in total. The first-order valence-electron chi connectivity index (χ1n) is 5.13. The van der Waals surface area contributed by atoms with E-state index in [4.69, 9.17) is 0 Å². The highest BCUT2D eigenvalue weighted by Crippen LogP contribution is 2.09. The quantitative estimate of drug-likeness (QED) is 0.748. The lowest BCUT2D eigenvalue weighted by atomic mass is 10.2. The molecule has 0 radical (unpaired) electrons. The van der Waals surface area contributed by atoms with Crippen molar-refractivity contribution in [3.8, 4) is 0 Å². The van der Waals surface area contributed by atoms with E-state index in [1.807, 2.05) is 4.90 Å². The van der Waals surface area contributed by atoms with Crippen molar-refractivity contribution in [3.05, 3.63) is 35.6 Å². The molecule has 0 aromatic heterocycles. The molecule has 0 spiro atoms. The van der Waals surface area contributed by atoms with E-state index < -0.39 is 6.23 Å². The number of nitrogens with zero attached hydrogens (tertiary/aromatic N) is 1. The largest absolute Gasteiger partial charge is 0.377 e. The van der Waals surface area contributed by atoms with Crippen LogP contribution in [-0.4, -0.2) is 35.9 Å². The first kappa shape index (κ1) is 10.5. The van der Waals surface area contributed by atoms with Crippen molar-refractivity contribution >= 4 is 0 Å². The third kappa shape index (κ3) is 2.75. The summed E-state index contributed by atoms with van der Waals surface area (Å²) >= 11 is 0. The lowest BCUT2D eigenvalue weighted by Gasteiger charge is -2.32. The first-order chi connectivity index (χ1) is 7.25. The van der Waals surface area contributed by atoms with Gasteiger partial charge in [0.15, 0.2) is 0 Å². The lowest BCUT2D eigenvalue weighted by Crippen LogP contribution is -2.50. The Morgan fingerprint density at radius 1 is 1.40 bits per heavy atom. The lowest BCUT2D eigenvalue weighted by molar-refractivity contribution is -0.0180. The maximum atomic E-state index is 12.7. The van der Waals surface area contributed by atoms with Gasteiger partial charge in [-0.05, 0) is 17.7 Å². The summed E-state index contributed by atoms with van der Waals surface area (Å²) in [7, 11) is 0. The molecule has 82 valence electrons. The Hall–Kier alpha value is -0.970. The third-order valence-corrected chi connectivity index (χ3v) is 2.62. The number of β-amino-alcohol motifs (C(OH)–C–C–N with tert-alkyl or cyclic N) is 1. The molecule has 2 rings (SSSR count). The van der Waals surface area contributed by atoms with Gasteiger partial charge in [-0.2, -0.15) is 0 Å². The normalized spacial score (nSPS) is 22.9. The predicted octanol–water partition coefficient (Wildman–Crippen LogP) is 0.549. The van der Waals surface area contributed by atoms with Gasteiger partial charge in [0.2, 0.25) is 0 Å². The fraction of sp³-hybridized carbons (Fsp3) is 0.455. The second kappa shape index (κ2) is 4.70. The molecular formula is C11H15FN2O.